The van der Waals surface area contributed by atoms with Crippen molar-refractivity contribution in [1.82, 2.24) is 0 Å². The van der Waals surface area contributed by atoms with E-state index in [0.29, 0.717) is 12.0 Å². The molecule has 216 valence electrons. The Morgan fingerprint density at radius 1 is 1.08 bits per heavy atom. The summed E-state index contributed by atoms with van der Waals surface area (Å²) in [5, 5.41) is 12.1. The van der Waals surface area contributed by atoms with Crippen molar-refractivity contribution >= 4 is 32.6 Å². The molecule has 0 aromatic heterocycles. The van der Waals surface area contributed by atoms with Gasteiger partial charge < -0.3 is 18.7 Å². The quantitative estimate of drug-likeness (QED) is 0.229. The Morgan fingerprint density at radius 3 is 2.34 bits per heavy atom. The van der Waals surface area contributed by atoms with Crippen LogP contribution in [0.25, 0.3) is 0 Å². The molecule has 2 heterocycles. The number of rotatable bonds is 7. The summed E-state index contributed by atoms with van der Waals surface area (Å²) in [6, 6.07) is 3.28. The minimum atomic E-state index is -1.87. The van der Waals surface area contributed by atoms with Crippen molar-refractivity contribution in [2.75, 3.05) is 0 Å². The highest BCUT2D eigenvalue weighted by atomic mass is 79.9. The van der Waals surface area contributed by atoms with Crippen molar-refractivity contribution in [1.29, 1.82) is 0 Å². The maximum absolute atomic E-state index is 11.8. The zero-order chi connectivity index (χ0) is 27.9. The lowest BCUT2D eigenvalue weighted by Gasteiger charge is -2.56. The molecule has 0 aromatic carbocycles. The Hall–Kier alpha value is 0.234. The fourth-order valence-corrected chi connectivity index (χ4v) is 13.9. The Bertz CT molecular complexity index is 992. The van der Waals surface area contributed by atoms with Crippen LogP contribution in [0.15, 0.2) is 23.3 Å². The predicted molar refractivity (Wildman–Crippen MR) is 165 cm³/mol. The predicted octanol–water partition coefficient (Wildman–Crippen LogP) is 8.27. The first-order valence-corrected chi connectivity index (χ1v) is 21.8. The van der Waals surface area contributed by atoms with Gasteiger partial charge in [0.15, 0.2) is 16.6 Å². The highest BCUT2D eigenvalue weighted by Gasteiger charge is 2.69. The monoisotopic (exact) mass is 624 g/mol. The first-order chi connectivity index (χ1) is 17.6. The first kappa shape index (κ1) is 29.7. The minimum absolute atomic E-state index is 0.0945. The highest BCUT2D eigenvalue weighted by molar-refractivity contribution is 9.09. The summed E-state index contributed by atoms with van der Waals surface area (Å²) in [6.07, 6.45) is 10.5. The van der Waals surface area contributed by atoms with E-state index in [1.165, 1.54) is 5.57 Å². The number of aliphatic hydroxyl groups is 1. The van der Waals surface area contributed by atoms with Gasteiger partial charge in [-0.05, 0) is 85.9 Å². The molecule has 5 rings (SSSR count). The van der Waals surface area contributed by atoms with E-state index in [1.54, 1.807) is 0 Å². The number of ether oxygens (including phenoxy) is 1. The van der Waals surface area contributed by atoms with Gasteiger partial charge >= 0.3 is 0 Å². The third kappa shape index (κ3) is 4.22. The fourth-order valence-electron chi connectivity index (χ4n) is 8.49. The minimum Gasteiger partial charge on any atom is -0.413 e. The average molecular weight is 626 g/mol. The number of alkyl halides is 1. The lowest BCUT2D eigenvalue weighted by Crippen LogP contribution is -2.61. The fraction of sp³-hybridized carbons (Fsp3) is 0.871. The molecule has 0 radical (unpaired) electrons. The van der Waals surface area contributed by atoms with Gasteiger partial charge in [0.05, 0.1) is 23.4 Å². The van der Waals surface area contributed by atoms with Crippen LogP contribution in [0.1, 0.15) is 87.0 Å². The van der Waals surface area contributed by atoms with Gasteiger partial charge in [0.2, 0.25) is 0 Å². The molecule has 3 fully saturated rings. The van der Waals surface area contributed by atoms with Crippen molar-refractivity contribution in [3.05, 3.63) is 23.3 Å². The van der Waals surface area contributed by atoms with E-state index in [1.807, 2.05) is 0 Å². The van der Waals surface area contributed by atoms with Crippen LogP contribution in [0.5, 0.6) is 0 Å². The van der Waals surface area contributed by atoms with Crippen LogP contribution in [-0.2, 0) is 13.6 Å². The second-order valence-corrected chi connectivity index (χ2v) is 25.6. The second-order valence-electron chi connectivity index (χ2n) is 14.9. The van der Waals surface area contributed by atoms with Crippen molar-refractivity contribution in [3.8, 4) is 0 Å². The van der Waals surface area contributed by atoms with Crippen molar-refractivity contribution in [3.63, 3.8) is 0 Å². The molecule has 0 aromatic rings. The van der Waals surface area contributed by atoms with Crippen LogP contribution >= 0.6 is 15.9 Å². The second kappa shape index (κ2) is 9.63. The molecule has 38 heavy (non-hydrogen) atoms. The summed E-state index contributed by atoms with van der Waals surface area (Å²) in [5.74, 6) is 0.460. The van der Waals surface area contributed by atoms with E-state index in [4.69, 9.17) is 13.6 Å². The first-order valence-electron chi connectivity index (χ1n) is 15.4. The normalized spacial score (nSPS) is 42.8. The molecule has 2 aliphatic heterocycles. The van der Waals surface area contributed by atoms with E-state index < -0.39 is 22.7 Å². The van der Waals surface area contributed by atoms with E-state index in [-0.39, 0.29) is 32.6 Å². The Kier molecular flexibility index (Phi) is 7.53. The molecule has 1 N–H and O–H groups in total. The Morgan fingerprint density at radius 2 is 1.74 bits per heavy atom. The maximum Gasteiger partial charge on any atom is 0.192 e. The number of allylic oxidation sites excluding steroid dienone is 1. The van der Waals surface area contributed by atoms with Gasteiger partial charge in [-0.2, -0.15) is 0 Å². The van der Waals surface area contributed by atoms with Crippen molar-refractivity contribution in [2.45, 2.75) is 158 Å². The summed E-state index contributed by atoms with van der Waals surface area (Å²) in [5.41, 5.74) is 1.89. The van der Waals surface area contributed by atoms with Gasteiger partial charge in [-0.25, -0.2) is 0 Å². The summed E-state index contributed by atoms with van der Waals surface area (Å²) in [4.78, 5) is 0.0973. The molecule has 5 aliphatic rings. The molecular formula is C31H53BrO4Si2. The van der Waals surface area contributed by atoms with E-state index in [2.05, 4.69) is 89.6 Å². The lowest BCUT2D eigenvalue weighted by atomic mass is 9.60. The number of hydrogen-bond donors (Lipinski definition) is 1. The molecule has 2 bridgehead atoms. The molecule has 1 saturated heterocycles. The largest absolute Gasteiger partial charge is 0.413 e. The van der Waals surface area contributed by atoms with Crippen LogP contribution in [0.2, 0.25) is 36.3 Å². The van der Waals surface area contributed by atoms with Crippen molar-refractivity contribution < 1.29 is 18.7 Å². The molecule has 2 spiro atoms. The average Bonchev–Trinajstić information content (AvgIpc) is 3.34. The molecule has 8 atom stereocenters. The number of hydrogen-bond acceptors (Lipinski definition) is 4. The van der Waals surface area contributed by atoms with Crippen LogP contribution in [-0.4, -0.2) is 56.1 Å². The van der Waals surface area contributed by atoms with E-state index in [9.17, 15) is 5.11 Å². The van der Waals surface area contributed by atoms with Gasteiger partial charge in [0.25, 0.3) is 0 Å². The standard InChI is InChI=1S/C31H53BrO4Si2/c1-10-38(11-2,12-3)35-27-23(32)20-30-17-18-31(36-30)21(19-22(30)26(27)33)15-16-29(7)24(31)13-14-25(29)34-37(8,9)28(4,5)6/h15,19,23-27,33H,10-14,16-18,20H2,1-9H3/t23-,24-,25+,26-,27-,29+,30-,31-/m1/s1. The summed E-state index contributed by atoms with van der Waals surface area (Å²) in [6.45, 7) is 21.1. The van der Waals surface area contributed by atoms with Crippen molar-refractivity contribution in [2.24, 2.45) is 11.3 Å². The zero-order valence-corrected chi connectivity index (χ0v) is 29.0. The SMILES string of the molecule is CC[Si](CC)(CC)O[C@@H]1[C@H](Br)C[C@@]23CC[C@@]4(O2)C(=CC[C@]2(C)[C@@H](O[Si](C)(C)C(C)(C)C)CC[C@H]24)C=C3[C@H]1O. The molecule has 0 unspecified atom stereocenters. The van der Waals surface area contributed by atoms with Gasteiger partial charge in [-0.15, -0.1) is 0 Å². The van der Waals surface area contributed by atoms with Gasteiger partial charge in [0, 0.05) is 16.2 Å². The molecule has 0 amide bonds. The number of halogens is 1. The molecule has 7 heteroatoms. The number of fused-ring (bicyclic) bond motifs is 1. The molecular weight excluding hydrogens is 572 g/mol. The van der Waals surface area contributed by atoms with Gasteiger partial charge in [-0.1, -0.05) is 76.5 Å². The van der Waals surface area contributed by atoms with Crippen LogP contribution in [0.4, 0.5) is 0 Å². The van der Waals surface area contributed by atoms with Crippen LogP contribution in [0, 0.1) is 11.3 Å². The molecule has 3 aliphatic carbocycles. The zero-order valence-electron chi connectivity index (χ0n) is 25.5. The lowest BCUT2D eigenvalue weighted by molar-refractivity contribution is -0.154. The van der Waals surface area contributed by atoms with Gasteiger partial charge in [0.1, 0.15) is 6.10 Å². The Labute approximate surface area is 242 Å². The smallest absolute Gasteiger partial charge is 0.192 e. The summed E-state index contributed by atoms with van der Waals surface area (Å²) < 4.78 is 21.4. The third-order valence-electron chi connectivity index (χ3n) is 12.3. The highest BCUT2D eigenvalue weighted by Crippen LogP contribution is 2.67. The third-order valence-corrected chi connectivity index (χ3v) is 22.2. The number of aliphatic hydroxyl groups excluding tert-OH is 1. The summed E-state index contributed by atoms with van der Waals surface area (Å²) in [7, 11) is -3.73. The van der Waals surface area contributed by atoms with E-state index >= 15 is 0 Å². The van der Waals surface area contributed by atoms with Crippen LogP contribution < -0.4 is 0 Å². The summed E-state index contributed by atoms with van der Waals surface area (Å²) >= 11 is 4.01. The van der Waals surface area contributed by atoms with Crippen LogP contribution in [0.3, 0.4) is 0 Å². The topological polar surface area (TPSA) is 47.9 Å². The maximum atomic E-state index is 11.8. The van der Waals surface area contributed by atoms with E-state index in [0.717, 1.165) is 62.2 Å². The molecule has 4 nitrogen and oxygen atoms in total. The molecule has 2 saturated carbocycles. The van der Waals surface area contributed by atoms with Gasteiger partial charge in [-0.3, -0.25) is 0 Å². The Balaban J connectivity index is 1.47.